The van der Waals surface area contributed by atoms with Crippen LogP contribution < -0.4 is 5.30 Å². The minimum Gasteiger partial charge on any atom is -0.265 e. The molecule has 0 aromatic heterocycles. The molecule has 0 unspecified atom stereocenters. The largest absolute Gasteiger partial charge is 0.349 e. The second-order valence-corrected chi connectivity index (χ2v) is 4.27. The topological polar surface area (TPSA) is 75.9 Å². The standard InChI is InChI=1S/C8H5N2O3P/c11-6-9-14(13,10-7-12)8-4-2-1-3-5-8/h1-5H. The summed E-state index contributed by atoms with van der Waals surface area (Å²) in [4.78, 5) is 20.0. The van der Waals surface area contributed by atoms with Crippen molar-refractivity contribution in [3.63, 3.8) is 0 Å². The molecule has 0 fully saturated rings. The van der Waals surface area contributed by atoms with Crippen LogP contribution in [0.3, 0.4) is 0 Å². The fraction of sp³-hybridized carbons (Fsp3) is 0. The van der Waals surface area contributed by atoms with E-state index in [2.05, 4.69) is 9.53 Å². The fourth-order valence-electron chi connectivity index (χ4n) is 0.871. The highest BCUT2D eigenvalue weighted by atomic mass is 31.2. The van der Waals surface area contributed by atoms with E-state index in [9.17, 15) is 14.2 Å². The molecule has 0 heterocycles. The zero-order valence-corrected chi connectivity index (χ0v) is 7.85. The monoisotopic (exact) mass is 208 g/mol. The molecular weight excluding hydrogens is 203 g/mol. The number of carbonyl (C=O) groups excluding carboxylic acids is 2. The van der Waals surface area contributed by atoms with E-state index in [1.807, 2.05) is 0 Å². The van der Waals surface area contributed by atoms with Gasteiger partial charge in [0.25, 0.3) is 0 Å². The maximum Gasteiger partial charge on any atom is 0.349 e. The zero-order chi connectivity index (χ0) is 10.4. The minimum absolute atomic E-state index is 0.201. The molecule has 14 heavy (non-hydrogen) atoms. The number of benzene rings is 1. The van der Waals surface area contributed by atoms with Crippen molar-refractivity contribution in [1.82, 2.24) is 0 Å². The normalized spacial score (nSPS) is 13.1. The van der Waals surface area contributed by atoms with E-state index in [1.165, 1.54) is 12.1 Å². The van der Waals surface area contributed by atoms with E-state index < -0.39 is 7.44 Å². The van der Waals surface area contributed by atoms with Gasteiger partial charge in [-0.1, -0.05) is 18.2 Å². The Balaban J connectivity index is 3.33. The van der Waals surface area contributed by atoms with E-state index in [4.69, 9.17) is 0 Å². The van der Waals surface area contributed by atoms with Crippen LogP contribution >= 0.6 is 7.44 Å². The lowest BCUT2D eigenvalue weighted by molar-refractivity contribution is 0.560. The van der Waals surface area contributed by atoms with Crippen LogP contribution in [-0.2, 0) is 14.2 Å². The number of hydrogen-bond donors (Lipinski definition) is 0. The number of isocyanates is 2. The van der Waals surface area contributed by atoms with Gasteiger partial charge in [0, 0.05) is 0 Å². The first-order valence-electron chi connectivity index (χ1n) is 3.57. The smallest absolute Gasteiger partial charge is 0.265 e. The van der Waals surface area contributed by atoms with Crippen LogP contribution in [0.2, 0.25) is 0 Å². The summed E-state index contributed by atoms with van der Waals surface area (Å²) < 4.78 is 17.8. The van der Waals surface area contributed by atoms with Gasteiger partial charge in [-0.05, 0) is 12.1 Å². The van der Waals surface area contributed by atoms with Crippen LogP contribution in [0.1, 0.15) is 0 Å². The molecule has 5 nitrogen and oxygen atoms in total. The molecule has 0 aliphatic carbocycles. The second-order valence-electron chi connectivity index (χ2n) is 2.26. The quantitative estimate of drug-likeness (QED) is 0.425. The van der Waals surface area contributed by atoms with Gasteiger partial charge < -0.3 is 0 Å². The third kappa shape index (κ3) is 2.12. The Morgan fingerprint density at radius 2 is 1.50 bits per heavy atom. The Morgan fingerprint density at radius 1 is 1.00 bits per heavy atom. The summed E-state index contributed by atoms with van der Waals surface area (Å²) in [6.07, 6.45) is 2.26. The molecule has 0 spiro atoms. The molecule has 0 bridgehead atoms. The molecule has 0 aliphatic heterocycles. The molecule has 0 saturated heterocycles. The molecule has 0 N–H and O–H groups in total. The van der Waals surface area contributed by atoms with Gasteiger partial charge in [-0.2, -0.15) is 0 Å². The summed E-state index contributed by atoms with van der Waals surface area (Å²) in [5, 5.41) is 0.201. The van der Waals surface area contributed by atoms with Gasteiger partial charge >= 0.3 is 7.44 Å². The molecule has 0 atom stereocenters. The number of hydrogen-bond acceptors (Lipinski definition) is 3. The van der Waals surface area contributed by atoms with E-state index in [-0.39, 0.29) is 5.30 Å². The van der Waals surface area contributed by atoms with Crippen LogP contribution in [0, 0.1) is 0 Å². The summed E-state index contributed by atoms with van der Waals surface area (Å²) >= 11 is 0. The molecule has 0 aliphatic rings. The van der Waals surface area contributed by atoms with Crippen molar-refractivity contribution in [2.45, 2.75) is 0 Å². The van der Waals surface area contributed by atoms with Crippen molar-refractivity contribution in [2.24, 2.45) is 9.53 Å². The van der Waals surface area contributed by atoms with Gasteiger partial charge in [0.1, 0.15) is 0 Å². The second kappa shape index (κ2) is 4.45. The fourth-order valence-corrected chi connectivity index (χ4v) is 1.93. The molecule has 70 valence electrons. The van der Waals surface area contributed by atoms with Gasteiger partial charge in [0.15, 0.2) is 0 Å². The minimum atomic E-state index is -3.67. The maximum absolute atomic E-state index is 11.8. The van der Waals surface area contributed by atoms with E-state index in [0.29, 0.717) is 0 Å². The molecule has 6 heteroatoms. The van der Waals surface area contributed by atoms with E-state index >= 15 is 0 Å². The third-order valence-corrected chi connectivity index (χ3v) is 3.12. The Labute approximate surface area is 79.7 Å². The van der Waals surface area contributed by atoms with Gasteiger partial charge in [-0.3, -0.25) is 4.57 Å². The molecule has 1 aromatic carbocycles. The lowest BCUT2D eigenvalue weighted by Gasteiger charge is -2.02. The first-order chi connectivity index (χ1) is 6.73. The first-order valence-corrected chi connectivity index (χ1v) is 5.18. The summed E-state index contributed by atoms with van der Waals surface area (Å²) in [6.45, 7) is 0. The highest BCUT2D eigenvalue weighted by Crippen LogP contribution is 2.46. The van der Waals surface area contributed by atoms with Crippen LogP contribution in [0.15, 0.2) is 39.9 Å². The Bertz CT molecular complexity index is 437. The van der Waals surface area contributed by atoms with Crippen molar-refractivity contribution in [1.29, 1.82) is 0 Å². The Morgan fingerprint density at radius 3 is 1.93 bits per heavy atom. The Kier molecular flexibility index (Phi) is 3.27. The number of nitrogens with zero attached hydrogens (tertiary/aromatic N) is 2. The highest BCUT2D eigenvalue weighted by molar-refractivity contribution is 7.69. The van der Waals surface area contributed by atoms with Crippen LogP contribution in [0.4, 0.5) is 0 Å². The lowest BCUT2D eigenvalue weighted by atomic mass is 10.4. The Hall–Kier alpha value is -1.79. The average molecular weight is 208 g/mol. The molecule has 0 saturated carbocycles. The molecular formula is C8H5N2O3P. The predicted octanol–water partition coefficient (Wildman–Crippen LogP) is 1.18. The van der Waals surface area contributed by atoms with Crippen LogP contribution in [0.5, 0.6) is 0 Å². The molecule has 0 amide bonds. The SMILES string of the molecule is O=C=NP(=O)(N=C=O)c1ccccc1. The summed E-state index contributed by atoms with van der Waals surface area (Å²) in [7, 11) is -3.67. The van der Waals surface area contributed by atoms with Crippen molar-refractivity contribution < 1.29 is 14.2 Å². The van der Waals surface area contributed by atoms with Crippen LogP contribution in [0.25, 0.3) is 0 Å². The summed E-state index contributed by atoms with van der Waals surface area (Å²) in [5.41, 5.74) is 0. The number of rotatable bonds is 3. The van der Waals surface area contributed by atoms with Crippen molar-refractivity contribution in [3.8, 4) is 0 Å². The predicted molar refractivity (Wildman–Crippen MR) is 49.9 cm³/mol. The average Bonchev–Trinajstić information content (AvgIpc) is 2.20. The van der Waals surface area contributed by atoms with E-state index in [0.717, 1.165) is 12.2 Å². The van der Waals surface area contributed by atoms with Crippen LogP contribution in [-0.4, -0.2) is 12.2 Å². The molecule has 1 aromatic rings. The summed E-state index contributed by atoms with van der Waals surface area (Å²) in [5.74, 6) is 0. The zero-order valence-electron chi connectivity index (χ0n) is 6.95. The highest BCUT2D eigenvalue weighted by Gasteiger charge is 2.22. The third-order valence-electron chi connectivity index (χ3n) is 1.45. The van der Waals surface area contributed by atoms with Crippen molar-refractivity contribution in [3.05, 3.63) is 30.3 Å². The van der Waals surface area contributed by atoms with Crippen molar-refractivity contribution >= 4 is 24.9 Å². The van der Waals surface area contributed by atoms with Gasteiger partial charge in [-0.15, -0.1) is 9.53 Å². The lowest BCUT2D eigenvalue weighted by Crippen LogP contribution is -1.99. The van der Waals surface area contributed by atoms with Gasteiger partial charge in [0.05, 0.1) is 5.30 Å². The first kappa shape index (κ1) is 10.3. The molecule has 1 rings (SSSR count). The van der Waals surface area contributed by atoms with E-state index in [1.54, 1.807) is 18.2 Å². The van der Waals surface area contributed by atoms with Gasteiger partial charge in [-0.25, -0.2) is 9.59 Å². The summed E-state index contributed by atoms with van der Waals surface area (Å²) in [6, 6.07) is 7.82. The molecule has 0 radical (unpaired) electrons. The van der Waals surface area contributed by atoms with Gasteiger partial charge in [0.2, 0.25) is 12.2 Å². The maximum atomic E-state index is 11.8. The van der Waals surface area contributed by atoms with Crippen molar-refractivity contribution in [2.75, 3.05) is 0 Å².